The van der Waals surface area contributed by atoms with Crippen LogP contribution in [0, 0.1) is 11.8 Å². The highest BCUT2D eigenvalue weighted by molar-refractivity contribution is 6.07. The molecule has 4 aromatic rings. The third kappa shape index (κ3) is 6.42. The molecule has 1 N–H and O–H groups in total. The van der Waals surface area contributed by atoms with Gasteiger partial charge in [0.05, 0.1) is 11.1 Å². The van der Waals surface area contributed by atoms with Crippen LogP contribution in [0.5, 0.6) is 0 Å². The molecule has 6 heteroatoms. The van der Waals surface area contributed by atoms with Gasteiger partial charge in [-0.3, -0.25) is 4.79 Å². The lowest BCUT2D eigenvalue weighted by Crippen LogP contribution is -2.42. The van der Waals surface area contributed by atoms with Gasteiger partial charge in [0.15, 0.2) is 0 Å². The van der Waals surface area contributed by atoms with Gasteiger partial charge in [-0.2, -0.15) is 0 Å². The second-order valence-corrected chi connectivity index (χ2v) is 11.0. The molecular formula is C35H35FN4O. The summed E-state index contributed by atoms with van der Waals surface area (Å²) in [5.41, 5.74) is 4.89. The minimum atomic E-state index is -0.474. The Labute approximate surface area is 241 Å². The number of alkyl halides is 1. The molecule has 41 heavy (non-hydrogen) atoms. The van der Waals surface area contributed by atoms with Crippen LogP contribution in [0.3, 0.4) is 0 Å². The van der Waals surface area contributed by atoms with E-state index in [-0.39, 0.29) is 11.9 Å². The second kappa shape index (κ2) is 12.5. The number of anilines is 1. The SMILES string of the molecule is O=C(c1cc(NCc2ccc(CF)cc2)nc2ccc(C#Cc3ccccc3)cc12)N1CCC[C@H]1CN1CCCC1. The molecule has 2 saturated heterocycles. The number of benzene rings is 3. The van der Waals surface area contributed by atoms with E-state index < -0.39 is 6.67 Å². The number of hydrogen-bond donors (Lipinski definition) is 1. The summed E-state index contributed by atoms with van der Waals surface area (Å²) in [6, 6.07) is 25.4. The van der Waals surface area contributed by atoms with Crippen LogP contribution in [0.2, 0.25) is 0 Å². The summed E-state index contributed by atoms with van der Waals surface area (Å²) in [5, 5.41) is 4.21. The third-order valence-corrected chi connectivity index (χ3v) is 8.12. The molecule has 1 aromatic heterocycles. The highest BCUT2D eigenvalue weighted by atomic mass is 19.1. The van der Waals surface area contributed by atoms with E-state index in [1.165, 1.54) is 12.8 Å². The molecule has 0 unspecified atom stereocenters. The number of fused-ring (bicyclic) bond motifs is 1. The molecule has 0 aliphatic carbocycles. The number of hydrogen-bond acceptors (Lipinski definition) is 4. The highest BCUT2D eigenvalue weighted by Crippen LogP contribution is 2.28. The summed E-state index contributed by atoms with van der Waals surface area (Å²) in [4.78, 5) is 23.6. The molecule has 208 valence electrons. The lowest BCUT2D eigenvalue weighted by molar-refractivity contribution is 0.0710. The number of likely N-dealkylation sites (tertiary alicyclic amines) is 2. The molecule has 0 radical (unpaired) electrons. The maximum Gasteiger partial charge on any atom is 0.254 e. The van der Waals surface area contributed by atoms with Crippen molar-refractivity contribution in [1.82, 2.24) is 14.8 Å². The maximum atomic E-state index is 14.2. The van der Waals surface area contributed by atoms with Gasteiger partial charge in [0, 0.05) is 42.2 Å². The van der Waals surface area contributed by atoms with Gasteiger partial charge in [-0.25, -0.2) is 9.37 Å². The van der Waals surface area contributed by atoms with E-state index in [1.54, 1.807) is 12.1 Å². The van der Waals surface area contributed by atoms with E-state index in [0.717, 1.165) is 66.6 Å². The number of rotatable bonds is 7. The first-order chi connectivity index (χ1) is 20.2. The zero-order valence-electron chi connectivity index (χ0n) is 23.3. The molecule has 3 aromatic carbocycles. The zero-order chi connectivity index (χ0) is 28.0. The Hall–Kier alpha value is -4.21. The standard InChI is InChI=1S/C35H35FN4O/c36-23-28-12-14-29(15-13-28)24-37-34-22-32(35(41)40-20-6-9-30(40)25-39-18-4-5-19-39)31-21-27(16-17-33(31)38-34)11-10-26-7-2-1-3-8-26/h1-3,7-8,12-17,21-22,30H,4-6,9,18-20,23-25H2,(H,37,38)/t30-/m0/s1. The average Bonchev–Trinajstić information content (AvgIpc) is 3.72. The number of nitrogens with one attached hydrogen (secondary N) is 1. The smallest absolute Gasteiger partial charge is 0.254 e. The maximum absolute atomic E-state index is 14.2. The molecule has 2 aliphatic heterocycles. The van der Waals surface area contributed by atoms with Crippen LogP contribution in [0.25, 0.3) is 10.9 Å². The number of pyridine rings is 1. The molecule has 0 spiro atoms. The van der Waals surface area contributed by atoms with E-state index in [1.807, 2.05) is 66.7 Å². The van der Waals surface area contributed by atoms with Crippen LogP contribution < -0.4 is 5.32 Å². The molecule has 0 bridgehead atoms. The topological polar surface area (TPSA) is 48.5 Å². The van der Waals surface area contributed by atoms with E-state index in [9.17, 15) is 9.18 Å². The molecule has 2 aliphatic rings. The summed E-state index contributed by atoms with van der Waals surface area (Å²) >= 11 is 0. The first-order valence-electron chi connectivity index (χ1n) is 14.6. The van der Waals surface area contributed by atoms with Crippen molar-refractivity contribution in [2.45, 2.75) is 44.9 Å². The van der Waals surface area contributed by atoms with Gasteiger partial charge in [0.2, 0.25) is 0 Å². The van der Waals surface area contributed by atoms with Gasteiger partial charge in [-0.05, 0) is 86.3 Å². The Kier molecular flexibility index (Phi) is 8.25. The Morgan fingerprint density at radius 1 is 0.878 bits per heavy atom. The van der Waals surface area contributed by atoms with Crippen molar-refractivity contribution in [1.29, 1.82) is 0 Å². The number of halogens is 1. The quantitative estimate of drug-likeness (QED) is 0.272. The molecule has 5 nitrogen and oxygen atoms in total. The highest BCUT2D eigenvalue weighted by Gasteiger charge is 2.32. The van der Waals surface area contributed by atoms with Crippen molar-refractivity contribution in [3.8, 4) is 11.8 Å². The Morgan fingerprint density at radius 2 is 1.63 bits per heavy atom. The molecule has 6 rings (SSSR count). The van der Waals surface area contributed by atoms with Crippen LogP contribution in [0.1, 0.15) is 58.3 Å². The summed E-state index contributed by atoms with van der Waals surface area (Å²) in [6.45, 7) is 4.03. The molecule has 0 saturated carbocycles. The Morgan fingerprint density at radius 3 is 2.41 bits per heavy atom. The van der Waals surface area contributed by atoms with Crippen LogP contribution in [0.15, 0.2) is 78.9 Å². The molecule has 1 amide bonds. The fourth-order valence-electron chi connectivity index (χ4n) is 5.89. The number of carbonyl (C=O) groups is 1. The van der Waals surface area contributed by atoms with Crippen molar-refractivity contribution in [2.75, 3.05) is 31.5 Å². The van der Waals surface area contributed by atoms with E-state index in [0.29, 0.717) is 23.5 Å². The van der Waals surface area contributed by atoms with E-state index in [4.69, 9.17) is 4.98 Å². The van der Waals surface area contributed by atoms with Crippen LogP contribution >= 0.6 is 0 Å². The Bertz CT molecular complexity index is 1570. The molecule has 2 fully saturated rings. The minimum Gasteiger partial charge on any atom is -0.366 e. The van der Waals surface area contributed by atoms with Gasteiger partial charge in [0.1, 0.15) is 12.5 Å². The van der Waals surface area contributed by atoms with Crippen LogP contribution in [-0.2, 0) is 13.2 Å². The monoisotopic (exact) mass is 546 g/mol. The predicted octanol–water partition coefficient (Wildman–Crippen LogP) is 6.42. The fourth-order valence-corrected chi connectivity index (χ4v) is 5.89. The number of carbonyl (C=O) groups excluding carboxylic acids is 1. The summed E-state index contributed by atoms with van der Waals surface area (Å²) in [7, 11) is 0. The van der Waals surface area contributed by atoms with Gasteiger partial charge in [-0.15, -0.1) is 0 Å². The second-order valence-electron chi connectivity index (χ2n) is 11.0. The lowest BCUT2D eigenvalue weighted by atomic mass is 10.0. The summed E-state index contributed by atoms with van der Waals surface area (Å²) in [5.74, 6) is 7.20. The van der Waals surface area contributed by atoms with Crippen molar-refractivity contribution < 1.29 is 9.18 Å². The summed E-state index contributed by atoms with van der Waals surface area (Å²) < 4.78 is 12.9. The van der Waals surface area contributed by atoms with Gasteiger partial charge in [0.25, 0.3) is 5.91 Å². The van der Waals surface area contributed by atoms with E-state index >= 15 is 0 Å². The largest absolute Gasteiger partial charge is 0.366 e. The van der Waals surface area contributed by atoms with E-state index in [2.05, 4.69) is 27.0 Å². The zero-order valence-corrected chi connectivity index (χ0v) is 23.3. The summed E-state index contributed by atoms with van der Waals surface area (Å²) in [6.07, 6.45) is 4.56. The van der Waals surface area contributed by atoms with Crippen LogP contribution in [0.4, 0.5) is 10.2 Å². The molecule has 1 atom stereocenters. The van der Waals surface area contributed by atoms with Gasteiger partial charge < -0.3 is 15.1 Å². The predicted molar refractivity (Wildman–Crippen MR) is 162 cm³/mol. The van der Waals surface area contributed by atoms with Crippen molar-refractivity contribution in [3.05, 3.63) is 107 Å². The average molecular weight is 547 g/mol. The number of nitrogens with zero attached hydrogens (tertiary/aromatic N) is 3. The molecular weight excluding hydrogens is 511 g/mol. The third-order valence-electron chi connectivity index (χ3n) is 8.12. The van der Waals surface area contributed by atoms with Gasteiger partial charge >= 0.3 is 0 Å². The van der Waals surface area contributed by atoms with Crippen molar-refractivity contribution >= 4 is 22.6 Å². The number of aromatic nitrogens is 1. The Balaban J connectivity index is 1.32. The van der Waals surface area contributed by atoms with Crippen molar-refractivity contribution in [2.24, 2.45) is 0 Å². The number of amides is 1. The van der Waals surface area contributed by atoms with Crippen LogP contribution in [-0.4, -0.2) is 52.9 Å². The van der Waals surface area contributed by atoms with Crippen molar-refractivity contribution in [3.63, 3.8) is 0 Å². The fraction of sp³-hybridized carbons (Fsp3) is 0.314. The first kappa shape index (κ1) is 27.0. The lowest BCUT2D eigenvalue weighted by Gasteiger charge is -2.29. The first-order valence-corrected chi connectivity index (χ1v) is 14.6. The minimum absolute atomic E-state index is 0.0580. The van der Waals surface area contributed by atoms with Gasteiger partial charge in [-0.1, -0.05) is 54.3 Å². The molecule has 3 heterocycles. The normalized spacial score (nSPS) is 17.0.